The molecule has 1 saturated carbocycles. The Morgan fingerprint density at radius 1 is 0.712 bits per heavy atom. The summed E-state index contributed by atoms with van der Waals surface area (Å²) in [5.41, 5.74) is 17.6. The first-order chi connectivity index (χ1) is 25.7. The lowest BCUT2D eigenvalue weighted by Gasteiger charge is -2.43. The molecule has 5 atom stereocenters. The Labute approximate surface area is 308 Å². The molecule has 1 spiro atoms. The van der Waals surface area contributed by atoms with Gasteiger partial charge in [-0.2, -0.15) is 0 Å². The third kappa shape index (κ3) is 4.61. The molecule has 5 aliphatic carbocycles. The second-order valence-corrected chi connectivity index (χ2v) is 16.4. The molecule has 52 heavy (non-hydrogen) atoms. The SMILES string of the molecule is Cc1cc2c(cc1C1C=CC(C3CC4=CC=CC5=CCC[C@H](C54)C4(CC4)C(c4ccccc4)c4ccccc43)=CC1)-c1cccc3cccc(c13)N2. The highest BCUT2D eigenvalue weighted by Gasteiger charge is 2.59. The van der Waals surface area contributed by atoms with Gasteiger partial charge in [-0.15, -0.1) is 0 Å². The van der Waals surface area contributed by atoms with Crippen LogP contribution in [0.5, 0.6) is 0 Å². The van der Waals surface area contributed by atoms with Gasteiger partial charge < -0.3 is 5.32 Å². The van der Waals surface area contributed by atoms with Gasteiger partial charge in [0.15, 0.2) is 0 Å². The van der Waals surface area contributed by atoms with Gasteiger partial charge in [-0.1, -0.05) is 133 Å². The van der Waals surface area contributed by atoms with Gasteiger partial charge in [-0.05, 0) is 125 Å². The van der Waals surface area contributed by atoms with Gasteiger partial charge >= 0.3 is 0 Å². The van der Waals surface area contributed by atoms with Crippen molar-refractivity contribution in [1.29, 1.82) is 0 Å². The first kappa shape index (κ1) is 30.5. The molecule has 5 aromatic rings. The monoisotopic (exact) mass is 671 g/mol. The zero-order valence-electron chi connectivity index (χ0n) is 30.0. The molecule has 1 aliphatic heterocycles. The Bertz CT molecular complexity index is 2420. The largest absolute Gasteiger partial charge is 0.354 e. The lowest BCUT2D eigenvalue weighted by atomic mass is 9.60. The minimum atomic E-state index is 0.312. The summed E-state index contributed by atoms with van der Waals surface area (Å²) < 4.78 is 0. The van der Waals surface area contributed by atoms with Gasteiger partial charge in [0.1, 0.15) is 0 Å². The third-order valence-electron chi connectivity index (χ3n) is 13.8. The van der Waals surface area contributed by atoms with Crippen molar-refractivity contribution in [2.45, 2.75) is 63.2 Å². The molecule has 1 fully saturated rings. The van der Waals surface area contributed by atoms with E-state index in [2.05, 4.69) is 158 Å². The van der Waals surface area contributed by atoms with E-state index in [-0.39, 0.29) is 0 Å². The molecule has 0 amide bonds. The first-order valence-electron chi connectivity index (χ1n) is 19.7. The highest BCUT2D eigenvalue weighted by atomic mass is 14.9. The Morgan fingerprint density at radius 3 is 2.37 bits per heavy atom. The first-order valence-corrected chi connectivity index (χ1v) is 19.7. The Balaban J connectivity index is 1.00. The molecule has 6 aliphatic rings. The number of fused-ring (bicyclic) bond motifs is 4. The van der Waals surface area contributed by atoms with Gasteiger partial charge in [0.25, 0.3) is 0 Å². The fourth-order valence-corrected chi connectivity index (χ4v) is 11.4. The number of rotatable bonds is 3. The second kappa shape index (κ2) is 11.7. The van der Waals surface area contributed by atoms with E-state index in [0.29, 0.717) is 35.0 Å². The van der Waals surface area contributed by atoms with Gasteiger partial charge in [-0.3, -0.25) is 0 Å². The summed E-state index contributed by atoms with van der Waals surface area (Å²) in [5, 5.41) is 6.40. The van der Waals surface area contributed by atoms with Gasteiger partial charge in [0, 0.05) is 46.0 Å². The van der Waals surface area contributed by atoms with E-state index in [9.17, 15) is 0 Å². The average molecular weight is 672 g/mol. The average Bonchev–Trinajstić information content (AvgIpc) is 3.98. The molecule has 1 heteroatoms. The Morgan fingerprint density at radius 2 is 1.54 bits per heavy atom. The second-order valence-electron chi connectivity index (χ2n) is 16.4. The Kier molecular flexibility index (Phi) is 6.85. The van der Waals surface area contributed by atoms with Crippen LogP contribution < -0.4 is 5.32 Å². The van der Waals surface area contributed by atoms with Crippen molar-refractivity contribution >= 4 is 22.1 Å². The molecule has 0 aromatic heterocycles. The smallest absolute Gasteiger partial charge is 0.0470 e. The Hall–Kier alpha value is -5.14. The van der Waals surface area contributed by atoms with E-state index in [1.807, 2.05) is 0 Å². The zero-order chi connectivity index (χ0) is 34.4. The molecular weight excluding hydrogens is 627 g/mol. The molecular formula is C51H45N. The van der Waals surface area contributed by atoms with Crippen LogP contribution in [0.2, 0.25) is 0 Å². The van der Waals surface area contributed by atoms with Crippen LogP contribution in [0, 0.1) is 24.2 Å². The van der Waals surface area contributed by atoms with Crippen molar-refractivity contribution in [3.63, 3.8) is 0 Å². The molecule has 1 heterocycles. The van der Waals surface area contributed by atoms with Crippen LogP contribution in [0.25, 0.3) is 21.9 Å². The summed E-state index contributed by atoms with van der Waals surface area (Å²) in [5.74, 6) is 2.33. The van der Waals surface area contributed by atoms with E-state index >= 15 is 0 Å². The van der Waals surface area contributed by atoms with Crippen LogP contribution in [-0.2, 0) is 0 Å². The highest BCUT2D eigenvalue weighted by molar-refractivity contribution is 6.11. The summed E-state index contributed by atoms with van der Waals surface area (Å²) in [6.07, 6.45) is 24.8. The molecule has 1 nitrogen and oxygen atoms in total. The van der Waals surface area contributed by atoms with Crippen molar-refractivity contribution in [1.82, 2.24) is 0 Å². The number of allylic oxidation sites excluding steroid dienone is 10. The lowest BCUT2D eigenvalue weighted by molar-refractivity contribution is 0.205. The molecule has 4 unspecified atom stereocenters. The normalized spacial score (nSPS) is 26.0. The van der Waals surface area contributed by atoms with Crippen molar-refractivity contribution in [3.05, 3.63) is 190 Å². The number of anilines is 2. The van der Waals surface area contributed by atoms with Gasteiger partial charge in [-0.25, -0.2) is 0 Å². The quantitative estimate of drug-likeness (QED) is 0.197. The summed E-state index contributed by atoms with van der Waals surface area (Å²) in [7, 11) is 0. The maximum atomic E-state index is 3.77. The van der Waals surface area contributed by atoms with Crippen LogP contribution in [0.3, 0.4) is 0 Å². The van der Waals surface area contributed by atoms with E-state index in [1.54, 1.807) is 22.3 Å². The summed E-state index contributed by atoms with van der Waals surface area (Å²) >= 11 is 0. The molecule has 0 radical (unpaired) electrons. The van der Waals surface area contributed by atoms with Crippen molar-refractivity contribution in [2.24, 2.45) is 17.3 Å². The minimum Gasteiger partial charge on any atom is -0.354 e. The maximum Gasteiger partial charge on any atom is 0.0470 e. The van der Waals surface area contributed by atoms with Gasteiger partial charge in [0.2, 0.25) is 0 Å². The predicted molar refractivity (Wildman–Crippen MR) is 217 cm³/mol. The standard InChI is InChI=1S/C51H45N/c1-32-29-47-44(40-20-8-14-36-16-10-22-46(52-47)49(36)40)31-42(32)33-23-25-34(26-24-33)43-30-38-17-7-13-35-15-9-21-45(48(35)38)51(27-28-51)50(37-11-3-2-4-12-37)41-19-6-5-18-39(41)43/h2-8,10-20,22-23,25-26,29,31,33,43,45,48,50,52H,9,21,24,27-28,30H2,1H3/t33?,43?,45-,48?,50?/m1/s1. The van der Waals surface area contributed by atoms with E-state index in [0.717, 1.165) is 12.8 Å². The summed E-state index contributed by atoms with van der Waals surface area (Å²) in [4.78, 5) is 0. The zero-order valence-corrected chi connectivity index (χ0v) is 30.0. The molecule has 5 aromatic carbocycles. The van der Waals surface area contributed by atoms with E-state index < -0.39 is 0 Å². The fraction of sp³-hybridized carbons (Fsp3) is 0.255. The third-order valence-corrected chi connectivity index (χ3v) is 13.8. The number of hydrogen-bond acceptors (Lipinski definition) is 1. The van der Waals surface area contributed by atoms with Crippen LogP contribution >= 0.6 is 0 Å². The molecule has 0 saturated heterocycles. The van der Waals surface area contributed by atoms with Crippen LogP contribution in [0.15, 0.2) is 162 Å². The van der Waals surface area contributed by atoms with Crippen molar-refractivity contribution in [2.75, 3.05) is 5.32 Å². The number of benzene rings is 5. The van der Waals surface area contributed by atoms with Crippen LogP contribution in [-0.4, -0.2) is 0 Å². The fourth-order valence-electron chi connectivity index (χ4n) is 11.4. The highest BCUT2D eigenvalue weighted by Crippen LogP contribution is 2.69. The summed E-state index contributed by atoms with van der Waals surface area (Å²) in [6.45, 7) is 2.30. The van der Waals surface area contributed by atoms with E-state index in [1.165, 1.54) is 81.2 Å². The molecule has 0 bridgehead atoms. The van der Waals surface area contributed by atoms with Crippen molar-refractivity contribution in [3.8, 4) is 11.1 Å². The topological polar surface area (TPSA) is 12.0 Å². The number of aryl methyl sites for hydroxylation is 1. The van der Waals surface area contributed by atoms with Crippen LogP contribution in [0.4, 0.5) is 11.4 Å². The molecule has 254 valence electrons. The lowest BCUT2D eigenvalue weighted by Crippen LogP contribution is -2.34. The predicted octanol–water partition coefficient (Wildman–Crippen LogP) is 13.4. The minimum absolute atomic E-state index is 0.312. The van der Waals surface area contributed by atoms with Crippen LogP contribution in [0.1, 0.15) is 84.1 Å². The molecule has 1 N–H and O–H groups in total. The number of nitrogens with one attached hydrogen (secondary N) is 1. The van der Waals surface area contributed by atoms with Crippen molar-refractivity contribution < 1.29 is 0 Å². The molecule has 11 rings (SSSR count). The van der Waals surface area contributed by atoms with E-state index in [4.69, 9.17) is 0 Å². The summed E-state index contributed by atoms with van der Waals surface area (Å²) in [6, 6.07) is 39.4. The maximum absolute atomic E-state index is 3.77. The number of hydrogen-bond donors (Lipinski definition) is 1. The van der Waals surface area contributed by atoms with Gasteiger partial charge in [0.05, 0.1) is 0 Å².